The molecular weight excluding hydrogens is 384 g/mol. The Morgan fingerprint density at radius 2 is 1.83 bits per heavy atom. The van der Waals surface area contributed by atoms with Gasteiger partial charge in [0, 0.05) is 22.6 Å². The van der Waals surface area contributed by atoms with Crippen LogP contribution < -0.4 is 14.8 Å². The highest BCUT2D eigenvalue weighted by Crippen LogP contribution is 2.25. The highest BCUT2D eigenvalue weighted by molar-refractivity contribution is 6.45. The molecule has 1 aromatic carbocycles. The summed E-state index contributed by atoms with van der Waals surface area (Å²) in [5.41, 5.74) is 1.99. The maximum absolute atomic E-state index is 12.8. The van der Waals surface area contributed by atoms with Gasteiger partial charge in [0.1, 0.15) is 6.10 Å². The molecule has 3 aromatic rings. The number of aryl methyl sites for hydroxylation is 1. The van der Waals surface area contributed by atoms with Crippen LogP contribution in [0.3, 0.4) is 0 Å². The van der Waals surface area contributed by atoms with Gasteiger partial charge in [-0.2, -0.15) is 4.98 Å². The predicted octanol–water partition coefficient (Wildman–Crippen LogP) is 2.96. The lowest BCUT2D eigenvalue weighted by Gasteiger charge is -2.29. The molecule has 1 aliphatic rings. The molecule has 156 valence electrons. The first-order valence-corrected chi connectivity index (χ1v) is 10.0. The van der Waals surface area contributed by atoms with Gasteiger partial charge in [0.25, 0.3) is 11.7 Å². The number of para-hydroxylation sites is 1. The van der Waals surface area contributed by atoms with Gasteiger partial charge >= 0.3 is 0 Å². The molecule has 0 atom stereocenters. The number of hydrogen-bond acceptors (Lipinski definition) is 6. The molecule has 0 unspecified atom stereocenters. The molecule has 1 saturated carbocycles. The van der Waals surface area contributed by atoms with Crippen molar-refractivity contribution in [1.82, 2.24) is 20.3 Å². The molecule has 1 fully saturated rings. The summed E-state index contributed by atoms with van der Waals surface area (Å²) < 4.78 is 10.9. The molecule has 1 amide bonds. The molecule has 30 heavy (non-hydrogen) atoms. The average Bonchev–Trinajstić information content (AvgIpc) is 3.10. The Hall–Kier alpha value is -3.42. The van der Waals surface area contributed by atoms with Gasteiger partial charge in [-0.25, -0.2) is 0 Å². The van der Waals surface area contributed by atoms with Crippen LogP contribution in [0, 0.1) is 6.92 Å². The second-order valence-electron chi connectivity index (χ2n) is 7.46. The summed E-state index contributed by atoms with van der Waals surface area (Å²) in [5.74, 6) is -0.243. The quantitative estimate of drug-likeness (QED) is 0.480. The van der Waals surface area contributed by atoms with Crippen molar-refractivity contribution in [3.05, 3.63) is 47.9 Å². The van der Waals surface area contributed by atoms with Crippen molar-refractivity contribution in [3.63, 3.8) is 0 Å². The summed E-state index contributed by atoms with van der Waals surface area (Å²) in [5, 5.41) is 3.67. The Balaban J connectivity index is 1.34. The number of carbonyl (C=O) groups excluding carboxylic acids is 2. The number of ether oxygens (including phenoxy) is 2. The molecule has 0 radical (unpaired) electrons. The lowest BCUT2D eigenvalue weighted by atomic mass is 9.92. The Labute approximate surface area is 174 Å². The Kier molecular flexibility index (Phi) is 5.65. The third-order valence-electron chi connectivity index (χ3n) is 5.42. The van der Waals surface area contributed by atoms with Gasteiger partial charge in [-0.3, -0.25) is 14.6 Å². The molecule has 2 N–H and O–H groups in total. The number of aromatic amines is 1. The fourth-order valence-electron chi connectivity index (χ4n) is 3.92. The van der Waals surface area contributed by atoms with Crippen molar-refractivity contribution in [1.29, 1.82) is 0 Å². The minimum Gasteiger partial charge on any atom is -0.480 e. The number of ketones is 1. The topological polar surface area (TPSA) is 106 Å². The number of methoxy groups -OCH3 is 1. The van der Waals surface area contributed by atoms with Gasteiger partial charge in [-0.1, -0.05) is 18.2 Å². The molecule has 8 nitrogen and oxygen atoms in total. The van der Waals surface area contributed by atoms with Crippen LogP contribution in [0.4, 0.5) is 0 Å². The van der Waals surface area contributed by atoms with Crippen LogP contribution in [-0.4, -0.2) is 45.9 Å². The van der Waals surface area contributed by atoms with E-state index in [4.69, 9.17) is 9.47 Å². The van der Waals surface area contributed by atoms with Crippen molar-refractivity contribution < 1.29 is 19.1 Å². The molecular formula is C22H24N4O4. The smallest absolute Gasteiger partial charge is 0.292 e. The highest BCUT2D eigenvalue weighted by atomic mass is 16.5. The number of Topliss-reactive ketones (excluding diaryl/α,β-unsaturated/α-hetero) is 1. The number of carbonyl (C=O) groups is 2. The molecule has 1 aliphatic carbocycles. The van der Waals surface area contributed by atoms with Crippen LogP contribution in [0.5, 0.6) is 11.8 Å². The summed E-state index contributed by atoms with van der Waals surface area (Å²) in [6, 6.07) is 7.44. The highest BCUT2D eigenvalue weighted by Gasteiger charge is 2.28. The van der Waals surface area contributed by atoms with Crippen LogP contribution in [-0.2, 0) is 4.79 Å². The summed E-state index contributed by atoms with van der Waals surface area (Å²) in [6.07, 6.45) is 6.03. The normalized spacial score (nSPS) is 18.7. The van der Waals surface area contributed by atoms with E-state index < -0.39 is 11.7 Å². The molecule has 0 spiro atoms. The van der Waals surface area contributed by atoms with Gasteiger partial charge in [-0.15, -0.1) is 0 Å². The van der Waals surface area contributed by atoms with Gasteiger partial charge in [0.2, 0.25) is 11.8 Å². The second kappa shape index (κ2) is 8.52. The van der Waals surface area contributed by atoms with Crippen molar-refractivity contribution in [2.45, 2.75) is 44.8 Å². The SMILES string of the molecule is COc1cncc(OC2CCC(NC(=O)C(=O)c3c(C)[nH]c4ccccc34)CC2)n1. The average molecular weight is 408 g/mol. The minimum atomic E-state index is -0.564. The van der Waals surface area contributed by atoms with Crippen molar-refractivity contribution in [2.24, 2.45) is 0 Å². The Morgan fingerprint density at radius 1 is 1.10 bits per heavy atom. The van der Waals surface area contributed by atoms with Gasteiger partial charge in [0.05, 0.1) is 25.1 Å². The zero-order chi connectivity index (χ0) is 21.1. The summed E-state index contributed by atoms with van der Waals surface area (Å²) in [6.45, 7) is 1.81. The maximum Gasteiger partial charge on any atom is 0.292 e. The molecule has 4 rings (SSSR count). The molecule has 0 saturated heterocycles. The van der Waals surface area contributed by atoms with E-state index in [-0.39, 0.29) is 12.1 Å². The summed E-state index contributed by atoms with van der Waals surface area (Å²) in [7, 11) is 1.53. The van der Waals surface area contributed by atoms with E-state index in [1.54, 1.807) is 6.20 Å². The number of amides is 1. The summed E-state index contributed by atoms with van der Waals surface area (Å²) in [4.78, 5) is 36.8. The second-order valence-corrected chi connectivity index (χ2v) is 7.46. The van der Waals surface area contributed by atoms with E-state index >= 15 is 0 Å². The minimum absolute atomic E-state index is 0.00822. The van der Waals surface area contributed by atoms with Gasteiger partial charge < -0.3 is 19.8 Å². The lowest BCUT2D eigenvalue weighted by Crippen LogP contribution is -2.42. The van der Waals surface area contributed by atoms with Crippen LogP contribution in [0.25, 0.3) is 10.9 Å². The van der Waals surface area contributed by atoms with Crippen LogP contribution >= 0.6 is 0 Å². The Morgan fingerprint density at radius 3 is 2.60 bits per heavy atom. The van der Waals surface area contributed by atoms with Crippen molar-refractivity contribution in [3.8, 4) is 11.8 Å². The third-order valence-corrected chi connectivity index (χ3v) is 5.42. The standard InChI is InChI=1S/C22H24N4O4/c1-13-20(16-5-3-4-6-17(16)24-13)21(27)22(28)25-14-7-9-15(10-8-14)30-19-12-23-11-18(26-19)29-2/h3-6,11-12,14-15,24H,7-10H2,1-2H3,(H,25,28). The maximum atomic E-state index is 12.8. The fraction of sp³-hybridized carbons (Fsp3) is 0.364. The molecule has 0 bridgehead atoms. The number of benzene rings is 1. The third kappa shape index (κ3) is 4.12. The lowest BCUT2D eigenvalue weighted by molar-refractivity contribution is -0.118. The number of rotatable bonds is 6. The van der Waals surface area contributed by atoms with E-state index in [0.717, 1.165) is 36.6 Å². The first-order valence-electron chi connectivity index (χ1n) is 10.0. The number of nitrogens with one attached hydrogen (secondary N) is 2. The number of fused-ring (bicyclic) bond motifs is 1. The van der Waals surface area contributed by atoms with Crippen LogP contribution in [0.1, 0.15) is 41.7 Å². The first-order chi connectivity index (χ1) is 14.5. The number of aromatic nitrogens is 3. The van der Waals surface area contributed by atoms with E-state index in [1.807, 2.05) is 31.2 Å². The number of nitrogens with zero attached hydrogens (tertiary/aromatic N) is 2. The Bertz CT molecular complexity index is 1070. The van der Waals surface area contributed by atoms with Gasteiger partial charge in [-0.05, 0) is 38.7 Å². The van der Waals surface area contributed by atoms with E-state index in [1.165, 1.54) is 13.3 Å². The summed E-state index contributed by atoms with van der Waals surface area (Å²) >= 11 is 0. The van der Waals surface area contributed by atoms with E-state index in [2.05, 4.69) is 20.3 Å². The largest absolute Gasteiger partial charge is 0.480 e. The number of hydrogen-bond donors (Lipinski definition) is 2. The first kappa shape index (κ1) is 19.9. The van der Waals surface area contributed by atoms with E-state index in [9.17, 15) is 9.59 Å². The molecule has 2 aromatic heterocycles. The number of H-pyrrole nitrogens is 1. The zero-order valence-electron chi connectivity index (χ0n) is 17.0. The van der Waals surface area contributed by atoms with Gasteiger partial charge in [0.15, 0.2) is 0 Å². The fourth-order valence-corrected chi connectivity index (χ4v) is 3.92. The molecule has 8 heteroatoms. The van der Waals surface area contributed by atoms with E-state index in [0.29, 0.717) is 23.0 Å². The zero-order valence-corrected chi connectivity index (χ0v) is 17.0. The predicted molar refractivity (Wildman–Crippen MR) is 111 cm³/mol. The monoisotopic (exact) mass is 408 g/mol. The molecule has 0 aliphatic heterocycles. The van der Waals surface area contributed by atoms with Crippen molar-refractivity contribution >= 4 is 22.6 Å². The van der Waals surface area contributed by atoms with Crippen LogP contribution in [0.2, 0.25) is 0 Å². The molecule has 2 heterocycles. The van der Waals surface area contributed by atoms with Crippen molar-refractivity contribution in [2.75, 3.05) is 7.11 Å². The van der Waals surface area contributed by atoms with Crippen LogP contribution in [0.15, 0.2) is 36.7 Å².